The Morgan fingerprint density at radius 1 is 1.30 bits per heavy atom. The predicted octanol–water partition coefficient (Wildman–Crippen LogP) is 0.791. The number of carbonyl (C=O) groups is 1. The van der Waals surface area contributed by atoms with E-state index in [1.807, 2.05) is 6.08 Å². The van der Waals surface area contributed by atoms with Gasteiger partial charge in [0, 0.05) is 5.41 Å². The minimum Gasteiger partial charge on any atom is -1.00 e. The molecule has 0 amide bonds. The maximum absolute atomic E-state index is 12.6. The molecule has 0 aliphatic heterocycles. The third-order valence-corrected chi connectivity index (χ3v) is 7.31. The van der Waals surface area contributed by atoms with Crippen molar-refractivity contribution in [2.45, 2.75) is 60.0 Å². The van der Waals surface area contributed by atoms with Gasteiger partial charge in [-0.25, -0.2) is 4.79 Å². The van der Waals surface area contributed by atoms with Crippen LogP contribution in [-0.2, 0) is 9.53 Å². The Labute approximate surface area is 152 Å². The minimum atomic E-state index is -0.0277. The summed E-state index contributed by atoms with van der Waals surface area (Å²) in [6.07, 6.45) is 5.56. The highest BCUT2D eigenvalue weighted by molar-refractivity contribution is 5.71. The number of carbonyl (C=O) groups excluding carboxylic acids is 1. The van der Waals surface area contributed by atoms with Crippen LogP contribution in [0.15, 0.2) is 12.7 Å². The highest BCUT2D eigenvalue weighted by Gasteiger charge is 2.63. The molecule has 0 N–H and O–H groups in total. The van der Waals surface area contributed by atoms with Crippen molar-refractivity contribution < 1.29 is 31.0 Å². The average Bonchev–Trinajstić information content (AvgIpc) is 2.80. The van der Waals surface area contributed by atoms with Gasteiger partial charge in [0.25, 0.3) is 0 Å². The molecule has 3 unspecified atom stereocenters. The number of halogens is 1. The summed E-state index contributed by atoms with van der Waals surface area (Å²) in [5.74, 6) is 0.681. The third kappa shape index (κ3) is 3.39. The second-order valence-corrected chi connectivity index (χ2v) is 8.19. The van der Waals surface area contributed by atoms with Crippen LogP contribution in [0.4, 0.5) is 0 Å². The fourth-order valence-corrected chi connectivity index (χ4v) is 4.82. The van der Waals surface area contributed by atoms with Crippen molar-refractivity contribution in [1.29, 1.82) is 0 Å². The highest BCUT2D eigenvalue weighted by Crippen LogP contribution is 2.66. The SMILES string of the molecule is C=CC[N+](CC)(CC)CC(=O)OC1CC2CCC1(C)C2(C)C.[Br-]. The molecule has 4 heteroatoms. The fraction of sp³-hybridized carbons (Fsp3) is 0.842. The predicted molar refractivity (Wildman–Crippen MR) is 90.4 cm³/mol. The molecule has 0 spiro atoms. The number of rotatable bonds is 7. The first kappa shape index (κ1) is 20.7. The van der Waals surface area contributed by atoms with Crippen molar-refractivity contribution >= 4 is 5.97 Å². The first-order chi connectivity index (χ1) is 10.2. The molecule has 0 aromatic rings. The topological polar surface area (TPSA) is 26.3 Å². The Bertz CT molecular complexity index is 445. The van der Waals surface area contributed by atoms with E-state index in [2.05, 4.69) is 41.2 Å². The van der Waals surface area contributed by atoms with Crippen LogP contribution in [0, 0.1) is 16.7 Å². The Balaban J connectivity index is 0.00000264. The standard InChI is InChI=1S/C19H34NO2.BrH/c1-7-12-20(8-2,9-3)14-17(21)22-16-13-15-10-11-19(16,6)18(15,4)5;/h7,15-16H,1,8-14H2,2-6H3;1H/q+1;/p-1. The van der Waals surface area contributed by atoms with Crippen molar-refractivity contribution in [2.75, 3.05) is 26.2 Å². The molecular formula is C19H34BrNO2. The summed E-state index contributed by atoms with van der Waals surface area (Å²) in [7, 11) is 0. The van der Waals surface area contributed by atoms with E-state index in [1.54, 1.807) is 0 Å². The molecule has 0 saturated heterocycles. The Morgan fingerprint density at radius 3 is 2.30 bits per heavy atom. The summed E-state index contributed by atoms with van der Waals surface area (Å²) in [5.41, 5.74) is 0.445. The van der Waals surface area contributed by atoms with E-state index < -0.39 is 0 Å². The summed E-state index contributed by atoms with van der Waals surface area (Å²) in [6.45, 7) is 18.3. The number of fused-ring (bicyclic) bond motifs is 2. The highest BCUT2D eigenvalue weighted by atomic mass is 79.9. The lowest BCUT2D eigenvalue weighted by Crippen LogP contribution is -3.00. The molecule has 2 saturated carbocycles. The molecular weight excluding hydrogens is 354 g/mol. The molecule has 0 heterocycles. The van der Waals surface area contributed by atoms with E-state index in [0.29, 0.717) is 17.9 Å². The van der Waals surface area contributed by atoms with Gasteiger partial charge in [-0.3, -0.25) is 0 Å². The van der Waals surface area contributed by atoms with Crippen LogP contribution in [0.5, 0.6) is 0 Å². The van der Waals surface area contributed by atoms with Crippen LogP contribution < -0.4 is 17.0 Å². The minimum absolute atomic E-state index is 0. The average molecular weight is 388 g/mol. The van der Waals surface area contributed by atoms with Gasteiger partial charge >= 0.3 is 5.97 Å². The van der Waals surface area contributed by atoms with E-state index in [4.69, 9.17) is 4.74 Å². The van der Waals surface area contributed by atoms with Gasteiger partial charge < -0.3 is 26.2 Å². The zero-order valence-corrected chi connectivity index (χ0v) is 17.1. The largest absolute Gasteiger partial charge is 1.00 e. The fourth-order valence-electron chi connectivity index (χ4n) is 4.82. The number of esters is 1. The number of nitrogens with zero attached hydrogens (tertiary/aromatic N) is 1. The van der Waals surface area contributed by atoms with Crippen molar-refractivity contribution in [3.63, 3.8) is 0 Å². The molecule has 3 nitrogen and oxygen atoms in total. The Kier molecular flexibility index (Phi) is 6.54. The van der Waals surface area contributed by atoms with Crippen LogP contribution >= 0.6 is 0 Å². The van der Waals surface area contributed by atoms with E-state index in [-0.39, 0.29) is 34.5 Å². The lowest BCUT2D eigenvalue weighted by Gasteiger charge is -2.39. The molecule has 0 radical (unpaired) electrons. The second-order valence-electron chi connectivity index (χ2n) is 8.19. The van der Waals surface area contributed by atoms with Gasteiger partial charge in [0.1, 0.15) is 6.10 Å². The number of ether oxygens (including phenoxy) is 1. The summed E-state index contributed by atoms with van der Waals surface area (Å²) >= 11 is 0. The number of quaternary nitrogens is 1. The number of hydrogen-bond acceptors (Lipinski definition) is 2. The molecule has 23 heavy (non-hydrogen) atoms. The Hall–Kier alpha value is -0.350. The summed E-state index contributed by atoms with van der Waals surface area (Å²) in [5, 5.41) is 0. The van der Waals surface area contributed by atoms with E-state index >= 15 is 0 Å². The summed E-state index contributed by atoms with van der Waals surface area (Å²) in [4.78, 5) is 12.6. The quantitative estimate of drug-likeness (QED) is 0.366. The van der Waals surface area contributed by atoms with Crippen molar-refractivity contribution in [2.24, 2.45) is 16.7 Å². The molecule has 2 aliphatic rings. The van der Waals surface area contributed by atoms with Crippen LogP contribution in [0.25, 0.3) is 0 Å². The molecule has 0 aromatic heterocycles. The molecule has 2 aliphatic carbocycles. The maximum Gasteiger partial charge on any atom is 0.362 e. The zero-order valence-electron chi connectivity index (χ0n) is 15.5. The van der Waals surface area contributed by atoms with Gasteiger partial charge in [-0.05, 0) is 50.5 Å². The van der Waals surface area contributed by atoms with E-state index in [1.165, 1.54) is 12.8 Å². The molecule has 0 aromatic carbocycles. The van der Waals surface area contributed by atoms with Crippen LogP contribution in [0.1, 0.15) is 53.9 Å². The van der Waals surface area contributed by atoms with E-state index in [9.17, 15) is 4.79 Å². The van der Waals surface area contributed by atoms with Crippen LogP contribution in [0.2, 0.25) is 0 Å². The lowest BCUT2D eigenvalue weighted by molar-refractivity contribution is -0.912. The smallest absolute Gasteiger partial charge is 0.362 e. The first-order valence-corrected chi connectivity index (χ1v) is 8.90. The van der Waals surface area contributed by atoms with Gasteiger partial charge in [0.2, 0.25) is 0 Å². The molecule has 2 bridgehead atoms. The van der Waals surface area contributed by atoms with Crippen molar-refractivity contribution in [3.05, 3.63) is 12.7 Å². The normalized spacial score (nSPS) is 31.5. The monoisotopic (exact) mass is 387 g/mol. The van der Waals surface area contributed by atoms with Gasteiger partial charge in [-0.2, -0.15) is 0 Å². The summed E-state index contributed by atoms with van der Waals surface area (Å²) in [6, 6.07) is 0. The van der Waals surface area contributed by atoms with Crippen molar-refractivity contribution in [1.82, 2.24) is 0 Å². The molecule has 3 atom stereocenters. The van der Waals surface area contributed by atoms with Gasteiger partial charge in [0.05, 0.1) is 19.6 Å². The van der Waals surface area contributed by atoms with Gasteiger partial charge in [-0.1, -0.05) is 27.4 Å². The molecule has 134 valence electrons. The first-order valence-electron chi connectivity index (χ1n) is 8.90. The van der Waals surface area contributed by atoms with E-state index in [0.717, 1.165) is 30.5 Å². The third-order valence-electron chi connectivity index (χ3n) is 7.31. The Morgan fingerprint density at radius 2 is 1.91 bits per heavy atom. The maximum atomic E-state index is 12.6. The van der Waals surface area contributed by atoms with Gasteiger partial charge in [-0.15, -0.1) is 0 Å². The zero-order chi connectivity index (χ0) is 16.6. The van der Waals surface area contributed by atoms with Crippen LogP contribution in [0.3, 0.4) is 0 Å². The summed E-state index contributed by atoms with van der Waals surface area (Å²) < 4.78 is 6.75. The molecule has 2 fully saturated rings. The molecule has 2 rings (SSSR count). The van der Waals surface area contributed by atoms with Gasteiger partial charge in [0.15, 0.2) is 6.54 Å². The number of hydrogen-bond donors (Lipinski definition) is 0. The lowest BCUT2D eigenvalue weighted by atomic mass is 9.70. The van der Waals surface area contributed by atoms with Crippen molar-refractivity contribution in [3.8, 4) is 0 Å². The number of likely N-dealkylation sites (N-methyl/N-ethyl adjacent to an activating group) is 1. The second kappa shape index (κ2) is 7.26. The van der Waals surface area contributed by atoms with Crippen LogP contribution in [-0.4, -0.2) is 42.7 Å².